The minimum atomic E-state index is -0.525. The zero-order valence-corrected chi connectivity index (χ0v) is 15.4. The molecule has 0 aliphatic carbocycles. The van der Waals surface area contributed by atoms with Gasteiger partial charge in [0.15, 0.2) is 0 Å². The van der Waals surface area contributed by atoms with Gasteiger partial charge < -0.3 is 9.73 Å². The van der Waals surface area contributed by atoms with Crippen LogP contribution in [0.15, 0.2) is 88.1 Å². The van der Waals surface area contributed by atoms with Crippen LogP contribution in [0.25, 0.3) is 21.9 Å². The molecule has 0 spiro atoms. The van der Waals surface area contributed by atoms with Crippen molar-refractivity contribution in [2.24, 2.45) is 0 Å². The summed E-state index contributed by atoms with van der Waals surface area (Å²) in [6.07, 6.45) is 0.865. The lowest BCUT2D eigenvalue weighted by atomic mass is 9.98. The molecule has 0 saturated heterocycles. The van der Waals surface area contributed by atoms with Gasteiger partial charge in [0.2, 0.25) is 5.76 Å². The second kappa shape index (κ2) is 7.53. The Bertz CT molecular complexity index is 1210. The molecule has 4 nitrogen and oxygen atoms in total. The largest absolute Gasteiger partial charge is 0.416 e. The minimum Gasteiger partial charge on any atom is -0.416 e. The van der Waals surface area contributed by atoms with Gasteiger partial charge in [0.05, 0.1) is 5.39 Å². The van der Waals surface area contributed by atoms with E-state index in [1.807, 2.05) is 66.7 Å². The number of aryl methyl sites for hydroxylation is 1. The number of rotatable bonds is 4. The Kier molecular flexibility index (Phi) is 4.77. The highest BCUT2D eigenvalue weighted by molar-refractivity contribution is 6.11. The molecule has 0 atom stereocenters. The first-order valence-corrected chi connectivity index (χ1v) is 9.19. The molecule has 0 fully saturated rings. The Morgan fingerprint density at radius 1 is 0.893 bits per heavy atom. The second-order valence-corrected chi connectivity index (χ2v) is 6.51. The molecule has 4 heteroatoms. The maximum absolute atomic E-state index is 13.1. The van der Waals surface area contributed by atoms with Crippen molar-refractivity contribution in [2.45, 2.75) is 13.3 Å². The SMILES string of the molecule is CCc1cccc(NC(=O)c2oc(=O)c3ccccc3c2-c2ccccc2)c1. The Hall–Kier alpha value is -3.66. The summed E-state index contributed by atoms with van der Waals surface area (Å²) in [5.41, 5.74) is 2.68. The van der Waals surface area contributed by atoms with E-state index in [1.165, 1.54) is 0 Å². The Labute approximate surface area is 162 Å². The summed E-state index contributed by atoms with van der Waals surface area (Å²) < 4.78 is 5.50. The number of fused-ring (bicyclic) bond motifs is 1. The maximum atomic E-state index is 13.1. The number of benzene rings is 3. The summed E-state index contributed by atoms with van der Waals surface area (Å²) >= 11 is 0. The fraction of sp³-hybridized carbons (Fsp3) is 0.0833. The van der Waals surface area contributed by atoms with Crippen LogP contribution >= 0.6 is 0 Å². The van der Waals surface area contributed by atoms with Crippen molar-refractivity contribution >= 4 is 22.4 Å². The van der Waals surface area contributed by atoms with Crippen molar-refractivity contribution in [2.75, 3.05) is 5.32 Å². The van der Waals surface area contributed by atoms with Gasteiger partial charge in [-0.1, -0.05) is 67.6 Å². The van der Waals surface area contributed by atoms with E-state index in [0.717, 1.165) is 17.5 Å². The number of hydrogen-bond acceptors (Lipinski definition) is 3. The van der Waals surface area contributed by atoms with Crippen LogP contribution in [0.3, 0.4) is 0 Å². The van der Waals surface area contributed by atoms with E-state index in [2.05, 4.69) is 12.2 Å². The van der Waals surface area contributed by atoms with E-state index >= 15 is 0 Å². The van der Waals surface area contributed by atoms with E-state index in [0.29, 0.717) is 22.0 Å². The Balaban J connectivity index is 1.88. The van der Waals surface area contributed by atoms with Crippen LogP contribution < -0.4 is 10.9 Å². The molecule has 0 aliphatic heterocycles. The topological polar surface area (TPSA) is 59.3 Å². The molecule has 1 heterocycles. The monoisotopic (exact) mass is 369 g/mol. The molecule has 0 aliphatic rings. The Morgan fingerprint density at radius 3 is 2.36 bits per heavy atom. The number of carbonyl (C=O) groups is 1. The number of carbonyl (C=O) groups excluding carboxylic acids is 1. The molecule has 0 radical (unpaired) electrons. The molecule has 1 amide bonds. The van der Waals surface area contributed by atoms with E-state index in [-0.39, 0.29) is 5.76 Å². The fourth-order valence-corrected chi connectivity index (χ4v) is 3.31. The standard InChI is InChI=1S/C24H19NO3/c1-2-16-9-8-12-18(15-16)25-23(26)22-21(17-10-4-3-5-11-17)19-13-6-7-14-20(19)24(27)28-22/h3-15H,2H2,1H3,(H,25,26). The molecule has 3 aromatic carbocycles. The second-order valence-electron chi connectivity index (χ2n) is 6.51. The van der Waals surface area contributed by atoms with Crippen molar-refractivity contribution in [1.82, 2.24) is 0 Å². The van der Waals surface area contributed by atoms with Gasteiger partial charge in [-0.25, -0.2) is 4.79 Å². The number of anilines is 1. The summed E-state index contributed by atoms with van der Waals surface area (Å²) in [6, 6.07) is 24.3. The summed E-state index contributed by atoms with van der Waals surface area (Å²) in [5, 5.41) is 4.01. The number of nitrogens with one attached hydrogen (secondary N) is 1. The van der Waals surface area contributed by atoms with Crippen molar-refractivity contribution < 1.29 is 9.21 Å². The van der Waals surface area contributed by atoms with E-state index in [1.54, 1.807) is 12.1 Å². The van der Waals surface area contributed by atoms with Crippen molar-refractivity contribution in [1.29, 1.82) is 0 Å². The lowest BCUT2D eigenvalue weighted by Crippen LogP contribution is -2.17. The summed E-state index contributed by atoms with van der Waals surface area (Å²) in [7, 11) is 0. The molecular weight excluding hydrogens is 350 g/mol. The molecule has 1 N–H and O–H groups in total. The highest BCUT2D eigenvalue weighted by atomic mass is 16.4. The van der Waals surface area contributed by atoms with Crippen LogP contribution in [0, 0.1) is 0 Å². The smallest absolute Gasteiger partial charge is 0.344 e. The van der Waals surface area contributed by atoms with E-state index < -0.39 is 11.5 Å². The fourth-order valence-electron chi connectivity index (χ4n) is 3.31. The van der Waals surface area contributed by atoms with Gasteiger partial charge in [0, 0.05) is 16.6 Å². The average Bonchev–Trinajstić information content (AvgIpc) is 2.74. The summed E-state index contributed by atoms with van der Waals surface area (Å²) in [4.78, 5) is 25.6. The predicted octanol–water partition coefficient (Wildman–Crippen LogP) is 5.27. The minimum absolute atomic E-state index is 0.0109. The quantitative estimate of drug-likeness (QED) is 0.533. The van der Waals surface area contributed by atoms with Crippen LogP contribution in [0.4, 0.5) is 5.69 Å². The first kappa shape index (κ1) is 17.7. The molecule has 138 valence electrons. The molecule has 1 aromatic heterocycles. The third-order valence-electron chi connectivity index (χ3n) is 4.70. The van der Waals surface area contributed by atoms with Crippen LogP contribution in [-0.4, -0.2) is 5.91 Å². The van der Waals surface area contributed by atoms with Gasteiger partial charge in [0.1, 0.15) is 0 Å². The highest BCUT2D eigenvalue weighted by Gasteiger charge is 2.21. The van der Waals surface area contributed by atoms with Gasteiger partial charge in [0.25, 0.3) is 5.91 Å². The maximum Gasteiger partial charge on any atom is 0.344 e. The predicted molar refractivity (Wildman–Crippen MR) is 112 cm³/mol. The number of hydrogen-bond donors (Lipinski definition) is 1. The normalized spacial score (nSPS) is 10.8. The molecule has 0 saturated carbocycles. The average molecular weight is 369 g/mol. The van der Waals surface area contributed by atoms with Crippen molar-refractivity contribution in [3.05, 3.63) is 101 Å². The van der Waals surface area contributed by atoms with Gasteiger partial charge >= 0.3 is 5.63 Å². The van der Waals surface area contributed by atoms with E-state index in [4.69, 9.17) is 4.42 Å². The number of amides is 1. The molecule has 4 aromatic rings. The van der Waals surface area contributed by atoms with Crippen molar-refractivity contribution in [3.63, 3.8) is 0 Å². The van der Waals surface area contributed by atoms with Gasteiger partial charge in [-0.3, -0.25) is 4.79 Å². The van der Waals surface area contributed by atoms with Crippen molar-refractivity contribution in [3.8, 4) is 11.1 Å². The van der Waals surface area contributed by atoms with Gasteiger partial charge in [-0.2, -0.15) is 0 Å². The highest BCUT2D eigenvalue weighted by Crippen LogP contribution is 2.31. The Morgan fingerprint density at radius 2 is 1.61 bits per heavy atom. The lowest BCUT2D eigenvalue weighted by molar-refractivity contribution is 0.0994. The zero-order chi connectivity index (χ0) is 19.5. The third kappa shape index (κ3) is 3.32. The molecular formula is C24H19NO3. The van der Waals surface area contributed by atoms with Crippen LogP contribution in [0.2, 0.25) is 0 Å². The molecule has 4 rings (SSSR count). The zero-order valence-electron chi connectivity index (χ0n) is 15.4. The molecule has 0 unspecified atom stereocenters. The van der Waals surface area contributed by atoms with Gasteiger partial charge in [-0.15, -0.1) is 0 Å². The summed E-state index contributed by atoms with van der Waals surface area (Å²) in [6.45, 7) is 2.05. The van der Waals surface area contributed by atoms with E-state index in [9.17, 15) is 9.59 Å². The third-order valence-corrected chi connectivity index (χ3v) is 4.70. The van der Waals surface area contributed by atoms with Gasteiger partial charge in [-0.05, 0) is 35.7 Å². The lowest BCUT2D eigenvalue weighted by Gasteiger charge is -2.12. The first-order valence-electron chi connectivity index (χ1n) is 9.19. The summed E-state index contributed by atoms with van der Waals surface area (Å²) in [5.74, 6) is -0.438. The molecule has 0 bridgehead atoms. The van der Waals surface area contributed by atoms with Crippen LogP contribution in [-0.2, 0) is 6.42 Å². The first-order chi connectivity index (χ1) is 13.7. The van der Waals surface area contributed by atoms with Crippen LogP contribution in [0.1, 0.15) is 23.0 Å². The molecule has 28 heavy (non-hydrogen) atoms. The van der Waals surface area contributed by atoms with Crippen LogP contribution in [0.5, 0.6) is 0 Å².